The number of nitrogens with zero attached hydrogens (tertiary/aromatic N) is 1. The monoisotopic (exact) mass is 263 g/mol. The van der Waals surface area contributed by atoms with Gasteiger partial charge in [-0.1, -0.05) is 19.1 Å². The lowest BCUT2D eigenvalue weighted by Crippen LogP contribution is -2.27. The lowest BCUT2D eigenvalue weighted by atomic mass is 10.1. The van der Waals surface area contributed by atoms with Crippen LogP contribution in [0.5, 0.6) is 5.75 Å². The highest BCUT2D eigenvalue weighted by atomic mass is 16.7. The molecular weight excluding hydrogens is 242 g/mol. The van der Waals surface area contributed by atoms with Crippen molar-refractivity contribution in [1.29, 1.82) is 0 Å². The Balaban J connectivity index is 1.99. The molecule has 0 aliphatic heterocycles. The highest BCUT2D eigenvalue weighted by Crippen LogP contribution is 2.48. The summed E-state index contributed by atoms with van der Waals surface area (Å²) in [6, 6.07) is 8.05. The molecule has 4 heteroatoms. The smallest absolute Gasteiger partial charge is 0.249 e. The van der Waals surface area contributed by atoms with Crippen LogP contribution in [0.3, 0.4) is 0 Å². The van der Waals surface area contributed by atoms with E-state index in [2.05, 4.69) is 13.0 Å². The summed E-state index contributed by atoms with van der Waals surface area (Å²) in [6.07, 6.45) is 1.89. The summed E-state index contributed by atoms with van der Waals surface area (Å²) in [6.45, 7) is 2.81. The molecule has 0 bridgehead atoms. The highest BCUT2D eigenvalue weighted by Gasteiger charge is 2.45. The quantitative estimate of drug-likeness (QED) is 0.740. The zero-order valence-electron chi connectivity index (χ0n) is 11.8. The zero-order chi connectivity index (χ0) is 13.8. The Morgan fingerprint density at radius 1 is 1.47 bits per heavy atom. The van der Waals surface area contributed by atoms with E-state index in [1.807, 2.05) is 18.2 Å². The van der Waals surface area contributed by atoms with E-state index in [4.69, 9.17) is 9.57 Å². The molecule has 19 heavy (non-hydrogen) atoms. The fourth-order valence-electron chi connectivity index (χ4n) is 2.21. The molecule has 0 N–H and O–H groups in total. The molecule has 0 heterocycles. The van der Waals surface area contributed by atoms with Crippen molar-refractivity contribution in [3.63, 3.8) is 0 Å². The van der Waals surface area contributed by atoms with Gasteiger partial charge in [0.1, 0.15) is 5.75 Å². The molecule has 0 spiro atoms. The first kappa shape index (κ1) is 13.9. The number of carbonyl (C=O) groups excluding carboxylic acids is 1. The van der Waals surface area contributed by atoms with Crippen molar-refractivity contribution in [2.75, 3.05) is 20.8 Å². The Kier molecular flexibility index (Phi) is 4.43. The molecule has 0 aromatic heterocycles. The predicted octanol–water partition coefficient (Wildman–Crippen LogP) is 2.60. The molecule has 1 aliphatic carbocycles. The summed E-state index contributed by atoms with van der Waals surface area (Å²) < 4.78 is 5.62. The fraction of sp³-hybridized carbons (Fsp3) is 0.533. The van der Waals surface area contributed by atoms with Crippen LogP contribution in [0.25, 0.3) is 0 Å². The molecule has 2 rings (SSSR count). The van der Waals surface area contributed by atoms with Gasteiger partial charge >= 0.3 is 0 Å². The minimum absolute atomic E-state index is 0.0476. The molecule has 1 saturated carbocycles. The van der Waals surface area contributed by atoms with Crippen molar-refractivity contribution in [3.8, 4) is 5.75 Å². The van der Waals surface area contributed by atoms with Crippen LogP contribution in [0.15, 0.2) is 24.3 Å². The van der Waals surface area contributed by atoms with E-state index in [0.29, 0.717) is 5.92 Å². The van der Waals surface area contributed by atoms with E-state index in [0.717, 1.165) is 25.2 Å². The van der Waals surface area contributed by atoms with Crippen molar-refractivity contribution in [3.05, 3.63) is 29.8 Å². The van der Waals surface area contributed by atoms with Crippen LogP contribution in [0.1, 0.15) is 31.2 Å². The maximum Gasteiger partial charge on any atom is 0.249 e. The molecule has 1 aromatic carbocycles. The zero-order valence-corrected chi connectivity index (χ0v) is 11.8. The number of benzene rings is 1. The van der Waals surface area contributed by atoms with Gasteiger partial charge in [0.2, 0.25) is 5.91 Å². The number of ether oxygens (including phenoxy) is 1. The largest absolute Gasteiger partial charge is 0.494 e. The third-order valence-corrected chi connectivity index (χ3v) is 3.45. The van der Waals surface area contributed by atoms with E-state index >= 15 is 0 Å². The van der Waals surface area contributed by atoms with Crippen LogP contribution in [0.4, 0.5) is 0 Å². The summed E-state index contributed by atoms with van der Waals surface area (Å²) in [5, 5.41) is 1.31. The fourth-order valence-corrected chi connectivity index (χ4v) is 2.21. The summed E-state index contributed by atoms with van der Waals surface area (Å²) in [4.78, 5) is 16.9. The van der Waals surface area contributed by atoms with E-state index in [9.17, 15) is 4.79 Å². The maximum atomic E-state index is 11.9. The lowest BCUT2D eigenvalue weighted by Gasteiger charge is -2.13. The molecular formula is C15H21NO3. The molecule has 104 valence electrons. The standard InChI is InChI=1S/C15H21NO3/c1-4-8-19-12-7-5-6-11(9-12)13-10-14(13)15(17)16(2)18-3/h5-7,9,13-14H,4,8,10H2,1-3H3. The predicted molar refractivity (Wildman–Crippen MR) is 72.9 cm³/mol. The van der Waals surface area contributed by atoms with Gasteiger partial charge < -0.3 is 4.74 Å². The van der Waals surface area contributed by atoms with Gasteiger partial charge in [-0.25, -0.2) is 5.06 Å². The minimum Gasteiger partial charge on any atom is -0.494 e. The third-order valence-electron chi connectivity index (χ3n) is 3.45. The number of hydrogen-bond donors (Lipinski definition) is 0. The average molecular weight is 263 g/mol. The van der Waals surface area contributed by atoms with Crippen molar-refractivity contribution in [2.45, 2.75) is 25.7 Å². The molecule has 1 amide bonds. The molecule has 2 atom stereocenters. The Labute approximate surface area is 114 Å². The molecule has 0 saturated heterocycles. The average Bonchev–Trinajstić information content (AvgIpc) is 3.24. The second-order valence-electron chi connectivity index (χ2n) is 4.89. The Morgan fingerprint density at radius 2 is 2.26 bits per heavy atom. The van der Waals surface area contributed by atoms with Crippen molar-refractivity contribution in [1.82, 2.24) is 5.06 Å². The van der Waals surface area contributed by atoms with Gasteiger partial charge in [-0.15, -0.1) is 0 Å². The van der Waals surface area contributed by atoms with Crippen LogP contribution in [-0.2, 0) is 9.63 Å². The van der Waals surface area contributed by atoms with Gasteiger partial charge in [-0.05, 0) is 36.5 Å². The van der Waals surface area contributed by atoms with Gasteiger partial charge in [-0.3, -0.25) is 9.63 Å². The first-order valence-electron chi connectivity index (χ1n) is 6.71. The first-order valence-corrected chi connectivity index (χ1v) is 6.71. The van der Waals surface area contributed by atoms with Crippen molar-refractivity contribution in [2.24, 2.45) is 5.92 Å². The van der Waals surface area contributed by atoms with Gasteiger partial charge in [0.25, 0.3) is 0 Å². The molecule has 1 aromatic rings. The van der Waals surface area contributed by atoms with E-state index in [1.54, 1.807) is 7.05 Å². The molecule has 1 fully saturated rings. The molecule has 2 unspecified atom stereocenters. The lowest BCUT2D eigenvalue weighted by molar-refractivity contribution is -0.170. The van der Waals surface area contributed by atoms with Crippen LogP contribution < -0.4 is 4.74 Å². The maximum absolute atomic E-state index is 11.9. The van der Waals surface area contributed by atoms with E-state index in [1.165, 1.54) is 17.7 Å². The second-order valence-corrected chi connectivity index (χ2v) is 4.89. The van der Waals surface area contributed by atoms with Crippen LogP contribution in [0, 0.1) is 5.92 Å². The molecule has 4 nitrogen and oxygen atoms in total. The Morgan fingerprint density at radius 3 is 2.95 bits per heavy atom. The SMILES string of the molecule is CCCOc1cccc(C2CC2C(=O)N(C)OC)c1. The minimum atomic E-state index is 0.0476. The number of hydrogen-bond acceptors (Lipinski definition) is 3. The van der Waals surface area contributed by atoms with Crippen molar-refractivity contribution < 1.29 is 14.4 Å². The van der Waals surface area contributed by atoms with Gasteiger partial charge in [0, 0.05) is 13.0 Å². The highest BCUT2D eigenvalue weighted by molar-refractivity contribution is 5.81. The number of hydroxylamine groups is 2. The summed E-state index contributed by atoms with van der Waals surface area (Å²) in [5.74, 6) is 1.28. The summed E-state index contributed by atoms with van der Waals surface area (Å²) in [5.41, 5.74) is 1.18. The summed E-state index contributed by atoms with van der Waals surface area (Å²) in [7, 11) is 3.16. The topological polar surface area (TPSA) is 38.8 Å². The second kappa shape index (κ2) is 6.06. The van der Waals surface area contributed by atoms with Gasteiger partial charge in [0.15, 0.2) is 0 Å². The van der Waals surface area contributed by atoms with Gasteiger partial charge in [0.05, 0.1) is 13.7 Å². The van der Waals surface area contributed by atoms with E-state index < -0.39 is 0 Å². The molecule has 1 aliphatic rings. The van der Waals surface area contributed by atoms with E-state index in [-0.39, 0.29) is 11.8 Å². The van der Waals surface area contributed by atoms with Crippen LogP contribution >= 0.6 is 0 Å². The van der Waals surface area contributed by atoms with Gasteiger partial charge in [-0.2, -0.15) is 0 Å². The Hall–Kier alpha value is -1.55. The van der Waals surface area contributed by atoms with Crippen LogP contribution in [-0.4, -0.2) is 31.7 Å². The Bertz CT molecular complexity index is 447. The first-order chi connectivity index (χ1) is 9.17. The number of rotatable bonds is 6. The van der Waals surface area contributed by atoms with Crippen molar-refractivity contribution >= 4 is 5.91 Å². The number of amides is 1. The third kappa shape index (κ3) is 3.26. The molecule has 0 radical (unpaired) electrons. The van der Waals surface area contributed by atoms with Crippen LogP contribution in [0.2, 0.25) is 0 Å². The summed E-state index contributed by atoms with van der Waals surface area (Å²) >= 11 is 0. The normalized spacial score (nSPS) is 21.0. The number of carbonyl (C=O) groups is 1.